The average Bonchev–Trinajstić information content (AvgIpc) is 2.82. The van der Waals surface area contributed by atoms with Crippen LogP contribution in [0.25, 0.3) is 0 Å². The molecule has 0 aromatic heterocycles. The average molecular weight is 488 g/mol. The fraction of sp³-hybridized carbons (Fsp3) is 0.519. The van der Waals surface area contributed by atoms with E-state index >= 15 is 0 Å². The number of anilines is 1. The van der Waals surface area contributed by atoms with E-state index < -0.39 is 11.6 Å². The van der Waals surface area contributed by atoms with Crippen molar-refractivity contribution >= 4 is 5.69 Å². The summed E-state index contributed by atoms with van der Waals surface area (Å²) in [5.41, 5.74) is 1.37. The predicted octanol–water partition coefficient (Wildman–Crippen LogP) is 4.96. The van der Waals surface area contributed by atoms with Crippen LogP contribution in [0.5, 0.6) is 5.75 Å². The zero-order valence-electron chi connectivity index (χ0n) is 21.2. The minimum absolute atomic E-state index is 0.0191. The summed E-state index contributed by atoms with van der Waals surface area (Å²) in [6.45, 7) is 9.48. The number of halogens is 2. The van der Waals surface area contributed by atoms with Crippen molar-refractivity contribution in [2.24, 2.45) is 5.92 Å². The van der Waals surface area contributed by atoms with Crippen LogP contribution in [0.3, 0.4) is 0 Å². The van der Waals surface area contributed by atoms with Crippen molar-refractivity contribution in [3.63, 3.8) is 0 Å². The molecule has 8 heteroatoms. The first-order valence-corrected chi connectivity index (χ1v) is 11.8. The molecule has 1 aliphatic heterocycles. The highest BCUT2D eigenvalue weighted by Crippen LogP contribution is 2.25. The molecular weight excluding hydrogens is 452 g/mol. The summed E-state index contributed by atoms with van der Waals surface area (Å²) in [4.78, 5) is 4.22. The molecule has 0 atom stereocenters. The van der Waals surface area contributed by atoms with Gasteiger partial charge in [0.05, 0.1) is 25.9 Å². The van der Waals surface area contributed by atoms with Crippen molar-refractivity contribution in [2.75, 3.05) is 45.4 Å². The van der Waals surface area contributed by atoms with Gasteiger partial charge in [-0.1, -0.05) is 6.07 Å². The number of hydrogen-bond acceptors (Lipinski definition) is 6. The van der Waals surface area contributed by atoms with Crippen molar-refractivity contribution in [1.29, 1.82) is 5.26 Å². The van der Waals surface area contributed by atoms with Gasteiger partial charge in [0.25, 0.3) is 0 Å². The standard InChI is InChI=1S/C27H35F2N3O3/c1-27(2,3)31(4)15-20-17-34-26(35-18-20)10-11-32(22-8-7-21(14-30)23(28)13-22)16-19-6-9-25(33-5)24(29)12-19/h6-9,12-13,20,26H,10-11,15-18H2,1-5H3. The smallest absolute Gasteiger partial charge is 0.165 e. The summed E-state index contributed by atoms with van der Waals surface area (Å²) >= 11 is 0. The lowest BCUT2D eigenvalue weighted by Gasteiger charge is -2.37. The van der Waals surface area contributed by atoms with Crippen molar-refractivity contribution < 1.29 is 23.0 Å². The van der Waals surface area contributed by atoms with Gasteiger partial charge in [0.2, 0.25) is 0 Å². The summed E-state index contributed by atoms with van der Waals surface area (Å²) in [7, 11) is 3.52. The fourth-order valence-corrected chi connectivity index (χ4v) is 3.90. The van der Waals surface area contributed by atoms with Crippen LogP contribution in [-0.4, -0.2) is 57.2 Å². The highest BCUT2D eigenvalue weighted by Gasteiger charge is 2.27. The first-order chi connectivity index (χ1) is 16.6. The molecule has 2 aromatic rings. The number of nitrogens with zero attached hydrogens (tertiary/aromatic N) is 3. The number of ether oxygens (including phenoxy) is 3. The van der Waals surface area contributed by atoms with E-state index in [1.807, 2.05) is 11.0 Å². The molecule has 1 heterocycles. The molecule has 0 radical (unpaired) electrons. The van der Waals surface area contributed by atoms with Crippen LogP contribution in [0, 0.1) is 28.9 Å². The molecule has 2 aromatic carbocycles. The van der Waals surface area contributed by atoms with Gasteiger partial charge in [-0.3, -0.25) is 0 Å². The summed E-state index contributed by atoms with van der Waals surface area (Å²) in [6.07, 6.45) is 0.187. The SMILES string of the molecule is COc1ccc(CN(CCC2OCC(CN(C)C(C)(C)C)CO2)c2ccc(C#N)c(F)c2)cc1F. The van der Waals surface area contributed by atoms with E-state index in [0.29, 0.717) is 49.9 Å². The summed E-state index contributed by atoms with van der Waals surface area (Å²) in [5.74, 6) is -0.588. The Kier molecular flexibility index (Phi) is 9.06. The quantitative estimate of drug-likeness (QED) is 0.498. The van der Waals surface area contributed by atoms with Gasteiger partial charge in [-0.2, -0.15) is 5.26 Å². The fourth-order valence-electron chi connectivity index (χ4n) is 3.90. The van der Waals surface area contributed by atoms with Gasteiger partial charge in [0, 0.05) is 43.2 Å². The highest BCUT2D eigenvalue weighted by atomic mass is 19.1. The van der Waals surface area contributed by atoms with Crippen LogP contribution >= 0.6 is 0 Å². The Morgan fingerprint density at radius 3 is 2.37 bits per heavy atom. The molecule has 0 saturated carbocycles. The minimum Gasteiger partial charge on any atom is -0.494 e. The lowest BCUT2D eigenvalue weighted by Crippen LogP contribution is -2.45. The molecule has 0 amide bonds. The topological polar surface area (TPSA) is 58.0 Å². The maximum Gasteiger partial charge on any atom is 0.165 e. The first-order valence-electron chi connectivity index (χ1n) is 11.8. The number of rotatable bonds is 9. The Hall–Kier alpha value is -2.73. The molecule has 0 unspecified atom stereocenters. The predicted molar refractivity (Wildman–Crippen MR) is 131 cm³/mol. The van der Waals surface area contributed by atoms with E-state index in [0.717, 1.165) is 6.54 Å². The molecule has 1 fully saturated rings. The molecule has 0 spiro atoms. The van der Waals surface area contributed by atoms with Crippen LogP contribution in [0.15, 0.2) is 36.4 Å². The molecule has 0 bridgehead atoms. The maximum atomic E-state index is 14.4. The minimum atomic E-state index is -0.591. The van der Waals surface area contributed by atoms with Crippen LogP contribution in [0.4, 0.5) is 14.5 Å². The monoisotopic (exact) mass is 487 g/mol. The van der Waals surface area contributed by atoms with Crippen molar-refractivity contribution in [3.8, 4) is 11.8 Å². The van der Waals surface area contributed by atoms with Gasteiger partial charge in [-0.15, -0.1) is 0 Å². The van der Waals surface area contributed by atoms with Gasteiger partial charge in [-0.05, 0) is 63.7 Å². The van der Waals surface area contributed by atoms with Crippen LogP contribution < -0.4 is 9.64 Å². The van der Waals surface area contributed by atoms with Crippen molar-refractivity contribution in [1.82, 2.24) is 4.90 Å². The van der Waals surface area contributed by atoms with Gasteiger partial charge < -0.3 is 24.0 Å². The second-order valence-electron chi connectivity index (χ2n) is 9.97. The summed E-state index contributed by atoms with van der Waals surface area (Å²) < 4.78 is 45.6. The van der Waals surface area contributed by atoms with Crippen molar-refractivity contribution in [2.45, 2.75) is 45.6 Å². The third kappa shape index (κ3) is 7.38. The van der Waals surface area contributed by atoms with E-state index in [1.54, 1.807) is 18.2 Å². The number of benzene rings is 2. The van der Waals surface area contributed by atoms with Gasteiger partial charge in [0.15, 0.2) is 17.9 Å². The molecular formula is C27H35F2N3O3. The van der Waals surface area contributed by atoms with Crippen LogP contribution in [-0.2, 0) is 16.0 Å². The zero-order chi connectivity index (χ0) is 25.6. The molecule has 190 valence electrons. The first kappa shape index (κ1) is 26.9. The third-order valence-corrected chi connectivity index (χ3v) is 6.38. The Bertz CT molecular complexity index is 1030. The highest BCUT2D eigenvalue weighted by molar-refractivity contribution is 5.51. The normalized spacial score (nSPS) is 18.4. The van der Waals surface area contributed by atoms with Crippen LogP contribution in [0.1, 0.15) is 38.3 Å². The second-order valence-corrected chi connectivity index (χ2v) is 9.97. The van der Waals surface area contributed by atoms with E-state index in [-0.39, 0.29) is 23.1 Å². The Morgan fingerprint density at radius 1 is 1.09 bits per heavy atom. The van der Waals surface area contributed by atoms with Crippen LogP contribution in [0.2, 0.25) is 0 Å². The lowest BCUT2D eigenvalue weighted by molar-refractivity contribution is -0.204. The number of hydrogen-bond donors (Lipinski definition) is 0. The maximum absolute atomic E-state index is 14.4. The zero-order valence-corrected chi connectivity index (χ0v) is 21.2. The summed E-state index contributed by atoms with van der Waals surface area (Å²) in [5, 5.41) is 9.06. The van der Waals surface area contributed by atoms with E-state index in [1.165, 1.54) is 25.3 Å². The van der Waals surface area contributed by atoms with Crippen molar-refractivity contribution in [3.05, 3.63) is 59.2 Å². The Labute approximate surface area is 207 Å². The second kappa shape index (κ2) is 11.8. The molecule has 35 heavy (non-hydrogen) atoms. The molecule has 6 nitrogen and oxygen atoms in total. The Morgan fingerprint density at radius 2 is 1.80 bits per heavy atom. The molecule has 0 N–H and O–H groups in total. The molecule has 1 saturated heterocycles. The summed E-state index contributed by atoms with van der Waals surface area (Å²) in [6, 6.07) is 11.1. The van der Waals surface area contributed by atoms with Gasteiger partial charge in [-0.25, -0.2) is 8.78 Å². The van der Waals surface area contributed by atoms with Gasteiger partial charge in [0.1, 0.15) is 11.9 Å². The largest absolute Gasteiger partial charge is 0.494 e. The molecule has 3 rings (SSSR count). The third-order valence-electron chi connectivity index (χ3n) is 6.38. The number of methoxy groups -OCH3 is 1. The molecule has 0 aliphatic carbocycles. The number of nitriles is 1. The van der Waals surface area contributed by atoms with E-state index in [4.69, 9.17) is 19.5 Å². The van der Waals surface area contributed by atoms with E-state index in [2.05, 4.69) is 32.7 Å². The lowest BCUT2D eigenvalue weighted by atomic mass is 10.0. The Balaban J connectivity index is 1.66. The molecule has 1 aliphatic rings. The van der Waals surface area contributed by atoms with E-state index in [9.17, 15) is 8.78 Å². The van der Waals surface area contributed by atoms with Gasteiger partial charge >= 0.3 is 0 Å².